The number of hydrogen-bond acceptors (Lipinski definition) is 2. The predicted molar refractivity (Wildman–Crippen MR) is 49.1 cm³/mol. The van der Waals surface area contributed by atoms with Gasteiger partial charge in [0.2, 0.25) is 5.91 Å². The molecule has 2 fully saturated rings. The van der Waals surface area contributed by atoms with E-state index in [0.717, 1.165) is 12.8 Å². The van der Waals surface area contributed by atoms with E-state index in [-0.39, 0.29) is 18.4 Å². The number of aliphatic hydroxyl groups excluding tert-OH is 1. The maximum absolute atomic E-state index is 11.5. The Balaban J connectivity index is 2.04. The number of amides is 1. The number of rotatable bonds is 2. The third-order valence-electron chi connectivity index (χ3n) is 3.44. The molecule has 1 heterocycles. The van der Waals surface area contributed by atoms with E-state index in [1.807, 2.05) is 0 Å². The van der Waals surface area contributed by atoms with Crippen molar-refractivity contribution in [3.8, 4) is 0 Å². The molecule has 1 unspecified atom stereocenters. The van der Waals surface area contributed by atoms with Crippen LogP contribution < -0.4 is 5.32 Å². The Morgan fingerprint density at radius 3 is 2.92 bits per heavy atom. The molecule has 1 aliphatic heterocycles. The first-order valence-electron chi connectivity index (χ1n) is 5.24. The van der Waals surface area contributed by atoms with E-state index in [2.05, 4.69) is 5.32 Å². The summed E-state index contributed by atoms with van der Waals surface area (Å²) in [4.78, 5) is 11.5. The van der Waals surface area contributed by atoms with Gasteiger partial charge in [-0.2, -0.15) is 0 Å². The zero-order valence-corrected chi connectivity index (χ0v) is 7.83. The zero-order valence-electron chi connectivity index (χ0n) is 7.83. The van der Waals surface area contributed by atoms with E-state index >= 15 is 0 Å². The quantitative estimate of drug-likeness (QED) is 0.661. The molecule has 0 aromatic rings. The van der Waals surface area contributed by atoms with Gasteiger partial charge >= 0.3 is 0 Å². The van der Waals surface area contributed by atoms with Crippen LogP contribution in [-0.4, -0.2) is 23.7 Å². The third-order valence-corrected chi connectivity index (χ3v) is 3.44. The Morgan fingerprint density at radius 2 is 2.15 bits per heavy atom. The van der Waals surface area contributed by atoms with Gasteiger partial charge in [0.25, 0.3) is 0 Å². The summed E-state index contributed by atoms with van der Waals surface area (Å²) in [6.45, 7) is 0.140. The highest BCUT2D eigenvalue weighted by Crippen LogP contribution is 2.36. The second-order valence-corrected chi connectivity index (χ2v) is 4.18. The van der Waals surface area contributed by atoms with Gasteiger partial charge in [0.05, 0.1) is 0 Å². The second-order valence-electron chi connectivity index (χ2n) is 4.18. The van der Waals surface area contributed by atoms with Gasteiger partial charge < -0.3 is 10.4 Å². The first-order chi connectivity index (χ1) is 6.33. The van der Waals surface area contributed by atoms with E-state index in [4.69, 9.17) is 5.11 Å². The molecule has 1 amide bonds. The van der Waals surface area contributed by atoms with Gasteiger partial charge in [-0.05, 0) is 25.2 Å². The number of fused-ring (bicyclic) bond motifs is 1. The molecule has 2 aliphatic rings. The van der Waals surface area contributed by atoms with Crippen LogP contribution >= 0.6 is 0 Å². The third kappa shape index (κ3) is 1.57. The first-order valence-corrected chi connectivity index (χ1v) is 5.24. The summed E-state index contributed by atoms with van der Waals surface area (Å²) in [5.41, 5.74) is 0. The van der Waals surface area contributed by atoms with Gasteiger partial charge in [-0.3, -0.25) is 4.79 Å². The molecule has 1 saturated carbocycles. The van der Waals surface area contributed by atoms with E-state index in [1.165, 1.54) is 12.8 Å². The monoisotopic (exact) mass is 183 g/mol. The summed E-state index contributed by atoms with van der Waals surface area (Å²) < 4.78 is 0. The summed E-state index contributed by atoms with van der Waals surface area (Å²) >= 11 is 0. The van der Waals surface area contributed by atoms with Gasteiger partial charge in [-0.25, -0.2) is 0 Å². The summed E-state index contributed by atoms with van der Waals surface area (Å²) in [6, 6.07) is 0.415. The van der Waals surface area contributed by atoms with Crippen LogP contribution in [0.15, 0.2) is 0 Å². The Kier molecular flexibility index (Phi) is 2.54. The average Bonchev–Trinajstić information content (AvgIpc) is 2.44. The van der Waals surface area contributed by atoms with Crippen molar-refractivity contribution in [2.45, 2.75) is 38.1 Å². The Labute approximate surface area is 78.5 Å². The fourth-order valence-corrected chi connectivity index (χ4v) is 2.79. The van der Waals surface area contributed by atoms with Crippen molar-refractivity contribution in [2.24, 2.45) is 11.8 Å². The zero-order chi connectivity index (χ0) is 9.26. The molecule has 3 nitrogen and oxygen atoms in total. The highest BCUT2D eigenvalue weighted by Gasteiger charge is 2.42. The number of carbonyl (C=O) groups is 1. The van der Waals surface area contributed by atoms with Gasteiger partial charge in [-0.15, -0.1) is 0 Å². The summed E-state index contributed by atoms with van der Waals surface area (Å²) in [7, 11) is 0. The van der Waals surface area contributed by atoms with Crippen molar-refractivity contribution < 1.29 is 9.90 Å². The average molecular weight is 183 g/mol. The molecule has 2 N–H and O–H groups in total. The van der Waals surface area contributed by atoms with Crippen molar-refractivity contribution >= 4 is 5.91 Å². The van der Waals surface area contributed by atoms with Crippen molar-refractivity contribution in [1.82, 2.24) is 5.32 Å². The fraction of sp³-hybridized carbons (Fsp3) is 0.900. The lowest BCUT2D eigenvalue weighted by molar-refractivity contribution is -0.123. The van der Waals surface area contributed by atoms with Crippen LogP contribution in [-0.2, 0) is 4.79 Å². The molecule has 2 rings (SSSR count). The second kappa shape index (κ2) is 3.66. The minimum atomic E-state index is 0.0929. The molecular formula is C10H17NO2. The minimum Gasteiger partial charge on any atom is -0.396 e. The molecule has 3 atom stereocenters. The van der Waals surface area contributed by atoms with Crippen LogP contribution in [0.1, 0.15) is 32.1 Å². The molecule has 74 valence electrons. The summed E-state index contributed by atoms with van der Waals surface area (Å²) in [5.74, 6) is 0.773. The predicted octanol–water partition coefficient (Wildman–Crippen LogP) is 0.674. The molecule has 3 heteroatoms. The van der Waals surface area contributed by atoms with Crippen LogP contribution in [0.2, 0.25) is 0 Å². The largest absolute Gasteiger partial charge is 0.396 e. The number of nitrogens with one attached hydrogen (secondary N) is 1. The van der Waals surface area contributed by atoms with Crippen molar-refractivity contribution in [1.29, 1.82) is 0 Å². The fourth-order valence-electron chi connectivity index (χ4n) is 2.79. The highest BCUT2D eigenvalue weighted by atomic mass is 16.3. The van der Waals surface area contributed by atoms with Crippen molar-refractivity contribution in [3.63, 3.8) is 0 Å². The lowest BCUT2D eigenvalue weighted by Gasteiger charge is -2.26. The van der Waals surface area contributed by atoms with Gasteiger partial charge in [0.1, 0.15) is 0 Å². The molecule has 0 radical (unpaired) electrons. The van der Waals surface area contributed by atoms with E-state index < -0.39 is 0 Å². The smallest absolute Gasteiger partial charge is 0.223 e. The molecule has 0 aromatic carbocycles. The van der Waals surface area contributed by atoms with Crippen molar-refractivity contribution in [3.05, 3.63) is 0 Å². The molecule has 0 bridgehead atoms. The van der Waals surface area contributed by atoms with Crippen molar-refractivity contribution in [2.75, 3.05) is 6.61 Å². The molecular weight excluding hydrogens is 166 g/mol. The first kappa shape index (κ1) is 9.00. The molecule has 0 spiro atoms. The Hall–Kier alpha value is -0.570. The molecule has 0 aromatic heterocycles. The molecule has 1 aliphatic carbocycles. The van der Waals surface area contributed by atoms with Crippen LogP contribution in [0.5, 0.6) is 0 Å². The molecule has 1 saturated heterocycles. The van der Waals surface area contributed by atoms with Gasteiger partial charge in [0, 0.05) is 18.6 Å². The number of carbonyl (C=O) groups excluding carboxylic acids is 1. The summed E-state index contributed by atoms with van der Waals surface area (Å²) in [6.07, 6.45) is 5.44. The van der Waals surface area contributed by atoms with Crippen LogP contribution in [0.25, 0.3) is 0 Å². The Bertz CT molecular complexity index is 205. The summed E-state index contributed by atoms with van der Waals surface area (Å²) in [5, 5.41) is 11.9. The number of hydrogen-bond donors (Lipinski definition) is 2. The lowest BCUT2D eigenvalue weighted by Crippen LogP contribution is -2.31. The topological polar surface area (TPSA) is 49.3 Å². The van der Waals surface area contributed by atoms with Gasteiger partial charge in [0.15, 0.2) is 0 Å². The van der Waals surface area contributed by atoms with Gasteiger partial charge in [-0.1, -0.05) is 12.8 Å². The minimum absolute atomic E-state index is 0.0929. The van der Waals surface area contributed by atoms with E-state index in [1.54, 1.807) is 0 Å². The molecule has 13 heavy (non-hydrogen) atoms. The van der Waals surface area contributed by atoms with Crippen LogP contribution in [0.4, 0.5) is 0 Å². The normalized spacial score (nSPS) is 38.5. The van der Waals surface area contributed by atoms with Crippen LogP contribution in [0.3, 0.4) is 0 Å². The maximum atomic E-state index is 11.5. The Morgan fingerprint density at radius 1 is 1.38 bits per heavy atom. The highest BCUT2D eigenvalue weighted by molar-refractivity contribution is 5.81. The lowest BCUT2D eigenvalue weighted by atomic mass is 9.79. The van der Waals surface area contributed by atoms with Crippen LogP contribution in [0, 0.1) is 11.8 Å². The standard InChI is InChI=1S/C10H17NO2/c12-6-5-8-7-3-1-2-4-9(7)11-10(8)13/h7-9,12H,1-6H2,(H,11,13)/t7-,8?,9-/m1/s1. The number of aliphatic hydroxyl groups is 1. The SMILES string of the molecule is O=C1N[C@@H]2CCCC[C@@H]2C1CCO. The van der Waals surface area contributed by atoms with E-state index in [9.17, 15) is 4.79 Å². The maximum Gasteiger partial charge on any atom is 0.223 e. The van der Waals surface area contributed by atoms with E-state index in [0.29, 0.717) is 18.4 Å².